The van der Waals surface area contributed by atoms with Gasteiger partial charge in [-0.05, 0) is 30.7 Å². The topological polar surface area (TPSA) is 58.6 Å². The largest absolute Gasteiger partial charge is 0.478 e. The first-order valence-electron chi connectivity index (χ1n) is 5.50. The van der Waals surface area contributed by atoms with E-state index < -0.39 is 5.97 Å². The van der Waals surface area contributed by atoms with Crippen molar-refractivity contribution in [2.45, 2.75) is 6.42 Å². The molecule has 0 spiro atoms. The second-order valence-electron chi connectivity index (χ2n) is 3.50. The first-order valence-corrected chi connectivity index (χ1v) is 5.50. The minimum absolute atomic E-state index is 0.290. The van der Waals surface area contributed by atoms with Crippen molar-refractivity contribution in [2.24, 2.45) is 0 Å². The van der Waals surface area contributed by atoms with Gasteiger partial charge in [-0.3, -0.25) is 0 Å². The summed E-state index contributed by atoms with van der Waals surface area (Å²) in [5, 5.41) is 11.9. The third kappa shape index (κ3) is 5.17. The number of carboxylic acids is 1. The lowest BCUT2D eigenvalue weighted by Crippen LogP contribution is -2.09. The zero-order chi connectivity index (χ0) is 12.5. The molecule has 0 atom stereocenters. The van der Waals surface area contributed by atoms with Gasteiger partial charge in [0, 0.05) is 12.2 Å². The Morgan fingerprint density at radius 1 is 1.35 bits per heavy atom. The summed E-state index contributed by atoms with van der Waals surface area (Å²) in [6.45, 7) is 5.61. The van der Waals surface area contributed by atoms with Crippen LogP contribution in [0.5, 0.6) is 0 Å². The van der Waals surface area contributed by atoms with Crippen LogP contribution in [0.15, 0.2) is 36.9 Å². The average Bonchev–Trinajstić information content (AvgIpc) is 2.34. The normalized spacial score (nSPS) is 9.88. The lowest BCUT2D eigenvalue weighted by molar-refractivity contribution is 0.0697. The van der Waals surface area contributed by atoms with Crippen molar-refractivity contribution in [1.29, 1.82) is 0 Å². The first kappa shape index (κ1) is 13.3. The van der Waals surface area contributed by atoms with Crippen LogP contribution >= 0.6 is 0 Å². The highest BCUT2D eigenvalue weighted by Gasteiger charge is 2.00. The fourth-order valence-electron chi connectivity index (χ4n) is 1.27. The maximum absolute atomic E-state index is 10.6. The molecule has 0 aromatic heterocycles. The van der Waals surface area contributed by atoms with Gasteiger partial charge in [-0.1, -0.05) is 6.08 Å². The van der Waals surface area contributed by atoms with Crippen molar-refractivity contribution in [3.8, 4) is 0 Å². The highest BCUT2D eigenvalue weighted by molar-refractivity contribution is 5.87. The fourth-order valence-corrected chi connectivity index (χ4v) is 1.27. The monoisotopic (exact) mass is 235 g/mol. The van der Waals surface area contributed by atoms with Crippen LogP contribution in [-0.4, -0.2) is 30.8 Å². The molecule has 0 fully saturated rings. The molecule has 1 rings (SSSR count). The van der Waals surface area contributed by atoms with Gasteiger partial charge in [0.2, 0.25) is 0 Å². The summed E-state index contributed by atoms with van der Waals surface area (Å²) in [7, 11) is 0. The quantitative estimate of drug-likeness (QED) is 0.536. The molecular formula is C13H17NO3. The fraction of sp³-hybridized carbons (Fsp3) is 0.308. The lowest BCUT2D eigenvalue weighted by Gasteiger charge is -2.07. The number of carboxylic acid groups (broad SMARTS) is 1. The Kier molecular flexibility index (Phi) is 5.82. The molecule has 4 nitrogen and oxygen atoms in total. The highest BCUT2D eigenvalue weighted by Crippen LogP contribution is 2.08. The summed E-state index contributed by atoms with van der Waals surface area (Å²) in [5.74, 6) is -0.913. The highest BCUT2D eigenvalue weighted by atomic mass is 16.5. The van der Waals surface area contributed by atoms with Crippen molar-refractivity contribution < 1.29 is 14.6 Å². The van der Waals surface area contributed by atoms with Crippen LogP contribution < -0.4 is 5.32 Å². The summed E-state index contributed by atoms with van der Waals surface area (Å²) in [5.41, 5.74) is 1.18. The summed E-state index contributed by atoms with van der Waals surface area (Å²) in [6, 6.07) is 6.63. The van der Waals surface area contributed by atoms with Gasteiger partial charge in [0.15, 0.2) is 0 Å². The Hall–Kier alpha value is -1.81. The lowest BCUT2D eigenvalue weighted by atomic mass is 10.2. The zero-order valence-corrected chi connectivity index (χ0v) is 9.69. The van der Waals surface area contributed by atoms with Gasteiger partial charge in [-0.15, -0.1) is 6.58 Å². The maximum Gasteiger partial charge on any atom is 0.335 e. The molecule has 4 heteroatoms. The number of aromatic carboxylic acids is 1. The van der Waals surface area contributed by atoms with Crippen LogP contribution in [0.1, 0.15) is 16.8 Å². The van der Waals surface area contributed by atoms with E-state index in [9.17, 15) is 4.79 Å². The van der Waals surface area contributed by atoms with E-state index in [1.54, 1.807) is 24.3 Å². The molecule has 1 aromatic carbocycles. The Bertz CT molecular complexity index is 359. The molecule has 0 bridgehead atoms. The van der Waals surface area contributed by atoms with E-state index in [1.807, 2.05) is 6.08 Å². The van der Waals surface area contributed by atoms with E-state index >= 15 is 0 Å². The van der Waals surface area contributed by atoms with E-state index in [0.717, 1.165) is 12.1 Å². The number of hydrogen-bond acceptors (Lipinski definition) is 3. The van der Waals surface area contributed by atoms with E-state index in [-0.39, 0.29) is 5.56 Å². The molecule has 0 aliphatic carbocycles. The Morgan fingerprint density at radius 2 is 2.06 bits per heavy atom. The SMILES string of the molecule is C=CCCOCCNc1ccc(C(=O)O)cc1. The van der Waals surface area contributed by atoms with Crippen molar-refractivity contribution in [1.82, 2.24) is 0 Å². The molecule has 92 valence electrons. The summed E-state index contributed by atoms with van der Waals surface area (Å²) in [4.78, 5) is 10.6. The predicted molar refractivity (Wildman–Crippen MR) is 67.5 cm³/mol. The van der Waals surface area contributed by atoms with E-state index in [0.29, 0.717) is 19.8 Å². The summed E-state index contributed by atoms with van der Waals surface area (Å²) >= 11 is 0. The van der Waals surface area contributed by atoms with Crippen LogP contribution in [0, 0.1) is 0 Å². The minimum atomic E-state index is -0.913. The third-order valence-electron chi connectivity index (χ3n) is 2.17. The Labute approximate surface area is 101 Å². The van der Waals surface area contributed by atoms with Gasteiger partial charge in [0.05, 0.1) is 18.8 Å². The molecule has 0 saturated heterocycles. The molecule has 0 saturated carbocycles. The third-order valence-corrected chi connectivity index (χ3v) is 2.17. The predicted octanol–water partition coefficient (Wildman–Crippen LogP) is 2.39. The zero-order valence-electron chi connectivity index (χ0n) is 9.69. The number of rotatable bonds is 8. The van der Waals surface area contributed by atoms with Crippen molar-refractivity contribution >= 4 is 11.7 Å². The minimum Gasteiger partial charge on any atom is -0.478 e. The number of hydrogen-bond donors (Lipinski definition) is 2. The number of anilines is 1. The van der Waals surface area contributed by atoms with Gasteiger partial charge in [0.25, 0.3) is 0 Å². The second-order valence-corrected chi connectivity index (χ2v) is 3.50. The molecular weight excluding hydrogens is 218 g/mol. The molecule has 0 unspecified atom stereocenters. The first-order chi connectivity index (χ1) is 8.24. The van der Waals surface area contributed by atoms with Crippen LogP contribution in [0.2, 0.25) is 0 Å². The maximum atomic E-state index is 10.6. The number of benzene rings is 1. The number of nitrogens with one attached hydrogen (secondary N) is 1. The van der Waals surface area contributed by atoms with Crippen LogP contribution in [-0.2, 0) is 4.74 Å². The second kappa shape index (κ2) is 7.46. The van der Waals surface area contributed by atoms with Gasteiger partial charge in [-0.2, -0.15) is 0 Å². The van der Waals surface area contributed by atoms with Gasteiger partial charge < -0.3 is 15.2 Å². The number of ether oxygens (including phenoxy) is 1. The van der Waals surface area contributed by atoms with Gasteiger partial charge in [0.1, 0.15) is 0 Å². The van der Waals surface area contributed by atoms with Gasteiger partial charge >= 0.3 is 5.97 Å². The standard InChI is InChI=1S/C13H17NO3/c1-2-3-9-17-10-8-14-12-6-4-11(5-7-12)13(15)16/h2,4-7,14H,1,3,8-10H2,(H,15,16). The van der Waals surface area contributed by atoms with Gasteiger partial charge in [-0.25, -0.2) is 4.79 Å². The molecule has 17 heavy (non-hydrogen) atoms. The smallest absolute Gasteiger partial charge is 0.335 e. The molecule has 0 aliphatic rings. The Morgan fingerprint density at radius 3 is 2.65 bits per heavy atom. The average molecular weight is 235 g/mol. The molecule has 1 aromatic rings. The molecule has 0 radical (unpaired) electrons. The van der Waals surface area contributed by atoms with Crippen molar-refractivity contribution in [3.05, 3.63) is 42.5 Å². The summed E-state index contributed by atoms with van der Waals surface area (Å²) in [6.07, 6.45) is 2.67. The van der Waals surface area contributed by atoms with Crippen LogP contribution in [0.25, 0.3) is 0 Å². The van der Waals surface area contributed by atoms with Crippen LogP contribution in [0.3, 0.4) is 0 Å². The van der Waals surface area contributed by atoms with E-state index in [1.165, 1.54) is 0 Å². The van der Waals surface area contributed by atoms with E-state index in [4.69, 9.17) is 9.84 Å². The Balaban J connectivity index is 2.23. The molecule has 2 N–H and O–H groups in total. The van der Waals surface area contributed by atoms with Crippen molar-refractivity contribution in [3.63, 3.8) is 0 Å². The molecule has 0 heterocycles. The molecule has 0 amide bonds. The van der Waals surface area contributed by atoms with Crippen LogP contribution in [0.4, 0.5) is 5.69 Å². The molecule has 0 aliphatic heterocycles. The number of carbonyl (C=O) groups is 1. The summed E-state index contributed by atoms with van der Waals surface area (Å²) < 4.78 is 5.33. The van der Waals surface area contributed by atoms with Crippen molar-refractivity contribution in [2.75, 3.05) is 25.1 Å². The van der Waals surface area contributed by atoms with E-state index in [2.05, 4.69) is 11.9 Å².